The van der Waals surface area contributed by atoms with Crippen LogP contribution in [0.15, 0.2) is 12.5 Å². The first-order valence-corrected chi connectivity index (χ1v) is 7.43. The van der Waals surface area contributed by atoms with Gasteiger partial charge in [-0.15, -0.1) is 0 Å². The molecule has 2 heterocycles. The zero-order valence-electron chi connectivity index (χ0n) is 12.5. The fourth-order valence-electron chi connectivity index (χ4n) is 3.13. The second-order valence-corrected chi connectivity index (χ2v) is 5.89. The predicted molar refractivity (Wildman–Crippen MR) is 77.5 cm³/mol. The Morgan fingerprint density at radius 2 is 2.21 bits per heavy atom. The Morgan fingerprint density at radius 3 is 2.84 bits per heavy atom. The van der Waals surface area contributed by atoms with Crippen molar-refractivity contribution < 1.29 is 4.74 Å². The lowest BCUT2D eigenvalue weighted by molar-refractivity contribution is 0.145. The second kappa shape index (κ2) is 6.53. The number of ether oxygens (including phenoxy) is 1. The van der Waals surface area contributed by atoms with E-state index in [4.69, 9.17) is 4.74 Å². The molecule has 2 rings (SSSR count). The summed E-state index contributed by atoms with van der Waals surface area (Å²) < 4.78 is 7.75. The van der Waals surface area contributed by atoms with Gasteiger partial charge in [-0.1, -0.05) is 20.3 Å². The SMILES string of the molecule is CCCC(COC)n1cncc1C1(C)CCNCC1. The van der Waals surface area contributed by atoms with Crippen LogP contribution in [0.25, 0.3) is 0 Å². The second-order valence-electron chi connectivity index (χ2n) is 5.89. The summed E-state index contributed by atoms with van der Waals surface area (Å²) >= 11 is 0. The van der Waals surface area contributed by atoms with Gasteiger partial charge in [0.05, 0.1) is 19.0 Å². The summed E-state index contributed by atoms with van der Waals surface area (Å²) in [5, 5.41) is 3.45. The Kier molecular flexibility index (Phi) is 4.99. The first-order valence-electron chi connectivity index (χ1n) is 7.43. The van der Waals surface area contributed by atoms with Crippen LogP contribution in [0.3, 0.4) is 0 Å². The third-order valence-electron chi connectivity index (χ3n) is 4.37. The third kappa shape index (κ3) is 3.18. The van der Waals surface area contributed by atoms with Crippen molar-refractivity contribution in [3.63, 3.8) is 0 Å². The average molecular weight is 265 g/mol. The van der Waals surface area contributed by atoms with Crippen molar-refractivity contribution in [2.24, 2.45) is 0 Å². The Bertz CT molecular complexity index is 376. The summed E-state index contributed by atoms with van der Waals surface area (Å²) in [4.78, 5) is 4.41. The maximum atomic E-state index is 5.39. The minimum atomic E-state index is 0.251. The molecule has 4 nitrogen and oxygen atoms in total. The summed E-state index contributed by atoms with van der Waals surface area (Å²) in [6.45, 7) is 7.57. The molecular formula is C15H27N3O. The van der Waals surface area contributed by atoms with Crippen molar-refractivity contribution in [2.45, 2.75) is 51.0 Å². The summed E-state index contributed by atoms with van der Waals surface area (Å²) in [6.07, 6.45) is 8.73. The average Bonchev–Trinajstić information content (AvgIpc) is 2.89. The van der Waals surface area contributed by atoms with Crippen LogP contribution >= 0.6 is 0 Å². The molecule has 108 valence electrons. The molecule has 0 saturated carbocycles. The number of piperidine rings is 1. The molecule has 0 amide bonds. The van der Waals surface area contributed by atoms with Crippen LogP contribution in [0.2, 0.25) is 0 Å². The van der Waals surface area contributed by atoms with E-state index >= 15 is 0 Å². The molecule has 1 aromatic rings. The highest BCUT2D eigenvalue weighted by Gasteiger charge is 2.32. The van der Waals surface area contributed by atoms with Gasteiger partial charge in [-0.3, -0.25) is 0 Å². The van der Waals surface area contributed by atoms with Gasteiger partial charge in [-0.25, -0.2) is 4.98 Å². The van der Waals surface area contributed by atoms with Crippen LogP contribution in [0.1, 0.15) is 51.3 Å². The smallest absolute Gasteiger partial charge is 0.0951 e. The molecule has 1 N–H and O–H groups in total. The van der Waals surface area contributed by atoms with Crippen molar-refractivity contribution in [3.8, 4) is 0 Å². The van der Waals surface area contributed by atoms with Gasteiger partial charge >= 0.3 is 0 Å². The number of rotatable bonds is 6. The lowest BCUT2D eigenvalue weighted by atomic mass is 9.78. The highest BCUT2D eigenvalue weighted by atomic mass is 16.5. The maximum absolute atomic E-state index is 5.39. The number of methoxy groups -OCH3 is 1. The predicted octanol–water partition coefficient (Wildman–Crippen LogP) is 2.51. The molecule has 1 aliphatic heterocycles. The number of hydrogen-bond acceptors (Lipinski definition) is 3. The molecule has 19 heavy (non-hydrogen) atoms. The first-order chi connectivity index (χ1) is 9.21. The number of hydrogen-bond donors (Lipinski definition) is 1. The number of nitrogens with one attached hydrogen (secondary N) is 1. The van der Waals surface area contributed by atoms with Gasteiger partial charge in [0.2, 0.25) is 0 Å². The van der Waals surface area contributed by atoms with Crippen molar-refractivity contribution in [3.05, 3.63) is 18.2 Å². The quantitative estimate of drug-likeness (QED) is 0.859. The molecule has 0 radical (unpaired) electrons. The van der Waals surface area contributed by atoms with Crippen LogP contribution in [-0.2, 0) is 10.2 Å². The zero-order chi connectivity index (χ0) is 13.7. The minimum absolute atomic E-state index is 0.251. The Hall–Kier alpha value is -0.870. The molecule has 1 unspecified atom stereocenters. The van der Waals surface area contributed by atoms with Gasteiger partial charge in [-0.05, 0) is 32.4 Å². The summed E-state index contributed by atoms with van der Waals surface area (Å²) in [5.41, 5.74) is 1.63. The largest absolute Gasteiger partial charge is 0.383 e. The summed E-state index contributed by atoms with van der Waals surface area (Å²) in [5.74, 6) is 0. The van der Waals surface area contributed by atoms with Crippen molar-refractivity contribution >= 4 is 0 Å². The van der Waals surface area contributed by atoms with E-state index in [0.717, 1.165) is 26.1 Å². The fourth-order valence-corrected chi connectivity index (χ4v) is 3.13. The molecule has 1 atom stereocenters. The molecule has 0 bridgehead atoms. The Labute approximate surface area is 116 Å². The number of nitrogens with zero attached hydrogens (tertiary/aromatic N) is 2. The van der Waals surface area contributed by atoms with Crippen LogP contribution < -0.4 is 5.32 Å². The van der Waals surface area contributed by atoms with Crippen LogP contribution in [0.5, 0.6) is 0 Å². The van der Waals surface area contributed by atoms with Gasteiger partial charge in [0.1, 0.15) is 0 Å². The first kappa shape index (κ1) is 14.5. The monoisotopic (exact) mass is 265 g/mol. The molecule has 1 saturated heterocycles. The van der Waals surface area contributed by atoms with E-state index in [2.05, 4.69) is 34.9 Å². The maximum Gasteiger partial charge on any atom is 0.0951 e. The number of imidazole rings is 1. The van der Waals surface area contributed by atoms with E-state index in [1.807, 2.05) is 6.33 Å². The zero-order valence-corrected chi connectivity index (χ0v) is 12.5. The molecule has 0 aromatic carbocycles. The lowest BCUT2D eigenvalue weighted by Gasteiger charge is -2.36. The van der Waals surface area contributed by atoms with E-state index in [9.17, 15) is 0 Å². The van der Waals surface area contributed by atoms with Crippen LogP contribution in [0, 0.1) is 0 Å². The topological polar surface area (TPSA) is 39.1 Å². The van der Waals surface area contributed by atoms with Gasteiger partial charge in [0.15, 0.2) is 0 Å². The molecule has 1 aliphatic rings. The minimum Gasteiger partial charge on any atom is -0.383 e. The normalized spacial score (nSPS) is 20.4. The van der Waals surface area contributed by atoms with Crippen LogP contribution in [0.4, 0.5) is 0 Å². The van der Waals surface area contributed by atoms with E-state index < -0.39 is 0 Å². The van der Waals surface area contributed by atoms with Gasteiger partial charge in [0, 0.05) is 24.4 Å². The molecule has 0 aliphatic carbocycles. The molecule has 4 heteroatoms. The van der Waals surface area contributed by atoms with E-state index in [-0.39, 0.29) is 5.41 Å². The van der Waals surface area contributed by atoms with Crippen molar-refractivity contribution in [2.75, 3.05) is 26.8 Å². The summed E-state index contributed by atoms with van der Waals surface area (Å²) in [6, 6.07) is 0.416. The van der Waals surface area contributed by atoms with E-state index in [1.165, 1.54) is 25.0 Å². The van der Waals surface area contributed by atoms with E-state index in [1.54, 1.807) is 7.11 Å². The molecular weight excluding hydrogens is 238 g/mol. The van der Waals surface area contributed by atoms with Gasteiger partial charge in [-0.2, -0.15) is 0 Å². The Morgan fingerprint density at radius 1 is 1.47 bits per heavy atom. The Balaban J connectivity index is 2.24. The van der Waals surface area contributed by atoms with Crippen molar-refractivity contribution in [1.29, 1.82) is 0 Å². The lowest BCUT2D eigenvalue weighted by Crippen LogP contribution is -2.39. The fraction of sp³-hybridized carbons (Fsp3) is 0.800. The summed E-state index contributed by atoms with van der Waals surface area (Å²) in [7, 11) is 1.78. The molecule has 1 fully saturated rings. The third-order valence-corrected chi connectivity index (χ3v) is 4.37. The number of aromatic nitrogens is 2. The molecule has 0 spiro atoms. The standard InChI is InChI=1S/C15H27N3O/c1-4-5-13(11-19-3)18-12-17-10-14(18)15(2)6-8-16-9-7-15/h10,12-13,16H,4-9,11H2,1-3H3. The highest BCUT2D eigenvalue weighted by molar-refractivity contribution is 5.16. The van der Waals surface area contributed by atoms with Crippen molar-refractivity contribution in [1.82, 2.24) is 14.9 Å². The van der Waals surface area contributed by atoms with Gasteiger partial charge in [0.25, 0.3) is 0 Å². The molecule has 1 aromatic heterocycles. The van der Waals surface area contributed by atoms with Gasteiger partial charge < -0.3 is 14.6 Å². The van der Waals surface area contributed by atoms with Crippen LogP contribution in [-0.4, -0.2) is 36.4 Å². The van der Waals surface area contributed by atoms with E-state index in [0.29, 0.717) is 6.04 Å². The highest BCUT2D eigenvalue weighted by Crippen LogP contribution is 2.34.